The summed E-state index contributed by atoms with van der Waals surface area (Å²) in [5.41, 5.74) is 7.05. The van der Waals surface area contributed by atoms with Crippen LogP contribution in [0.4, 0.5) is 22.7 Å². The molecule has 2 aromatic rings. The first-order chi connectivity index (χ1) is 14.4. The van der Waals surface area contributed by atoms with Gasteiger partial charge < -0.3 is 20.1 Å². The van der Waals surface area contributed by atoms with Crippen molar-refractivity contribution >= 4 is 34.2 Å². The molecular weight excluding hydrogens is 376 g/mol. The molecule has 2 aromatic carbocycles. The van der Waals surface area contributed by atoms with Gasteiger partial charge in [0.1, 0.15) is 11.5 Å². The molecule has 0 radical (unpaired) electrons. The average molecular weight is 405 g/mol. The molecule has 1 aliphatic heterocycles. The van der Waals surface area contributed by atoms with Gasteiger partial charge >= 0.3 is 0 Å². The Morgan fingerprint density at radius 2 is 1.17 bits per heavy atom. The zero-order chi connectivity index (χ0) is 21.7. The van der Waals surface area contributed by atoms with Crippen molar-refractivity contribution in [2.75, 3.05) is 24.9 Å². The second-order valence-corrected chi connectivity index (χ2v) is 7.18. The number of aliphatic imine (C=N–C) groups is 2. The highest BCUT2D eigenvalue weighted by atomic mass is 16.5. The van der Waals surface area contributed by atoms with Gasteiger partial charge in [-0.25, -0.2) is 0 Å². The van der Waals surface area contributed by atoms with Gasteiger partial charge in [0.05, 0.1) is 37.0 Å². The van der Waals surface area contributed by atoms with Gasteiger partial charge in [-0.1, -0.05) is 0 Å². The normalized spacial score (nSPS) is 17.8. The molecule has 0 saturated heterocycles. The van der Waals surface area contributed by atoms with Gasteiger partial charge in [0.2, 0.25) is 0 Å². The Labute approximate surface area is 178 Å². The van der Waals surface area contributed by atoms with E-state index in [2.05, 4.69) is 10.6 Å². The number of nitrogens with one attached hydrogen (secondary N) is 2. The predicted octanol–water partition coefficient (Wildman–Crippen LogP) is 6.23. The molecule has 3 rings (SSSR count). The van der Waals surface area contributed by atoms with E-state index in [-0.39, 0.29) is 0 Å². The Kier molecular flexibility index (Phi) is 6.57. The number of hydrogen-bond donors (Lipinski definition) is 2. The molecule has 6 nitrogen and oxygen atoms in total. The molecule has 0 bridgehead atoms. The summed E-state index contributed by atoms with van der Waals surface area (Å²) in [4.78, 5) is 9.60. The summed E-state index contributed by atoms with van der Waals surface area (Å²) in [6.45, 7) is 7.95. The minimum Gasteiger partial charge on any atom is -0.497 e. The van der Waals surface area contributed by atoms with Crippen LogP contribution < -0.4 is 20.1 Å². The third-order valence-electron chi connectivity index (χ3n) is 4.52. The molecule has 2 N–H and O–H groups in total. The van der Waals surface area contributed by atoms with Crippen LogP contribution in [0.5, 0.6) is 11.5 Å². The standard InChI is InChI=1S/C24H28N4O2/c1-15-11-16(2)26-22-10-8-20(30-6)14-24(22)28-18(4)12-17(3)27-23-13-19(29-5)7-9-21(23)25-15/h7-14,25,28H,1-6H3/b15-11-,18-12-,26-16?,27-17?. The molecule has 0 saturated carbocycles. The van der Waals surface area contributed by atoms with Gasteiger partial charge in [0.25, 0.3) is 0 Å². The summed E-state index contributed by atoms with van der Waals surface area (Å²) < 4.78 is 10.8. The van der Waals surface area contributed by atoms with Crippen LogP contribution in [-0.2, 0) is 0 Å². The van der Waals surface area contributed by atoms with E-state index < -0.39 is 0 Å². The van der Waals surface area contributed by atoms with Crippen LogP contribution in [0.1, 0.15) is 27.7 Å². The van der Waals surface area contributed by atoms with E-state index >= 15 is 0 Å². The first-order valence-electron chi connectivity index (χ1n) is 9.75. The summed E-state index contributed by atoms with van der Waals surface area (Å²) in [5, 5.41) is 6.86. The number of benzene rings is 2. The van der Waals surface area contributed by atoms with E-state index in [0.717, 1.165) is 57.1 Å². The molecule has 30 heavy (non-hydrogen) atoms. The second kappa shape index (κ2) is 9.31. The Hall–Kier alpha value is -3.54. The van der Waals surface area contributed by atoms with Crippen LogP contribution in [0.3, 0.4) is 0 Å². The average Bonchev–Trinajstić information content (AvgIpc) is 2.69. The molecule has 0 unspecified atom stereocenters. The van der Waals surface area contributed by atoms with Crippen LogP contribution in [0, 0.1) is 0 Å². The van der Waals surface area contributed by atoms with Crippen molar-refractivity contribution in [2.45, 2.75) is 27.7 Å². The van der Waals surface area contributed by atoms with E-state index in [1.807, 2.05) is 76.2 Å². The number of nitrogens with zero attached hydrogens (tertiary/aromatic N) is 2. The molecular formula is C24H28N4O2. The van der Waals surface area contributed by atoms with Crippen LogP contribution in [-0.4, -0.2) is 25.6 Å². The maximum Gasteiger partial charge on any atom is 0.121 e. The monoisotopic (exact) mass is 404 g/mol. The largest absolute Gasteiger partial charge is 0.497 e. The highest BCUT2D eigenvalue weighted by molar-refractivity contribution is 5.98. The lowest BCUT2D eigenvalue weighted by Gasteiger charge is -2.14. The highest BCUT2D eigenvalue weighted by Gasteiger charge is 2.08. The fourth-order valence-electron chi connectivity index (χ4n) is 3.24. The van der Waals surface area contributed by atoms with Crippen molar-refractivity contribution in [2.24, 2.45) is 9.98 Å². The SMILES string of the molecule is COc1ccc2c(c1)N=C(C)/C=C(/C)Nc1cc(OC)ccc1N=C(C)/C=C(/C)N2. The highest BCUT2D eigenvalue weighted by Crippen LogP contribution is 2.33. The Balaban J connectivity index is 2.15. The number of ether oxygens (including phenoxy) is 2. The van der Waals surface area contributed by atoms with Crippen LogP contribution in [0.15, 0.2) is 69.9 Å². The molecule has 0 amide bonds. The molecule has 1 heterocycles. The first kappa shape index (κ1) is 21.2. The topological polar surface area (TPSA) is 67.2 Å². The third-order valence-corrected chi connectivity index (χ3v) is 4.52. The van der Waals surface area contributed by atoms with Gasteiger partial charge in [-0.2, -0.15) is 0 Å². The molecule has 1 aliphatic rings. The van der Waals surface area contributed by atoms with E-state index in [1.165, 1.54) is 0 Å². The molecule has 0 aliphatic carbocycles. The van der Waals surface area contributed by atoms with Crippen LogP contribution >= 0.6 is 0 Å². The summed E-state index contributed by atoms with van der Waals surface area (Å²) in [6, 6.07) is 11.6. The van der Waals surface area contributed by atoms with Gasteiger partial charge in [-0.05, 0) is 64.1 Å². The van der Waals surface area contributed by atoms with Crippen LogP contribution in [0.25, 0.3) is 0 Å². The van der Waals surface area contributed by atoms with E-state index in [9.17, 15) is 0 Å². The maximum absolute atomic E-state index is 5.39. The van der Waals surface area contributed by atoms with Gasteiger partial charge in [0, 0.05) is 35.0 Å². The second-order valence-electron chi connectivity index (χ2n) is 7.18. The minimum absolute atomic E-state index is 0.757. The van der Waals surface area contributed by atoms with Gasteiger partial charge in [-0.15, -0.1) is 0 Å². The number of methoxy groups -OCH3 is 2. The van der Waals surface area contributed by atoms with Crippen LogP contribution in [0.2, 0.25) is 0 Å². The summed E-state index contributed by atoms with van der Waals surface area (Å²) in [5.74, 6) is 1.52. The first-order valence-corrected chi connectivity index (χ1v) is 9.75. The lowest BCUT2D eigenvalue weighted by atomic mass is 10.2. The summed E-state index contributed by atoms with van der Waals surface area (Å²) in [6.07, 6.45) is 4.00. The Morgan fingerprint density at radius 1 is 0.633 bits per heavy atom. The Morgan fingerprint density at radius 3 is 1.80 bits per heavy atom. The quantitative estimate of drug-likeness (QED) is 0.622. The van der Waals surface area contributed by atoms with Gasteiger partial charge in [-0.3, -0.25) is 9.98 Å². The van der Waals surface area contributed by atoms with E-state index in [1.54, 1.807) is 14.2 Å². The number of hydrogen-bond acceptors (Lipinski definition) is 6. The molecule has 0 spiro atoms. The molecule has 0 aromatic heterocycles. The van der Waals surface area contributed by atoms with Crippen molar-refractivity contribution in [3.05, 3.63) is 59.9 Å². The fraction of sp³-hybridized carbons (Fsp3) is 0.250. The molecule has 6 heteroatoms. The third kappa shape index (κ3) is 5.29. The van der Waals surface area contributed by atoms with Crippen molar-refractivity contribution in [3.8, 4) is 11.5 Å². The lowest BCUT2D eigenvalue weighted by Crippen LogP contribution is -2.02. The zero-order valence-electron chi connectivity index (χ0n) is 18.3. The van der Waals surface area contributed by atoms with Crippen molar-refractivity contribution in [1.29, 1.82) is 0 Å². The molecule has 156 valence electrons. The number of allylic oxidation sites excluding steroid dienone is 4. The maximum atomic E-state index is 5.39. The molecule has 0 atom stereocenters. The van der Waals surface area contributed by atoms with Crippen molar-refractivity contribution in [1.82, 2.24) is 0 Å². The minimum atomic E-state index is 0.757. The van der Waals surface area contributed by atoms with Crippen molar-refractivity contribution in [3.63, 3.8) is 0 Å². The van der Waals surface area contributed by atoms with E-state index in [0.29, 0.717) is 0 Å². The molecule has 0 fully saturated rings. The number of anilines is 2. The fourth-order valence-corrected chi connectivity index (χ4v) is 3.24. The smallest absolute Gasteiger partial charge is 0.121 e. The zero-order valence-corrected chi connectivity index (χ0v) is 18.3. The Bertz CT molecular complexity index is 1060. The summed E-state index contributed by atoms with van der Waals surface area (Å²) >= 11 is 0. The number of rotatable bonds is 2. The van der Waals surface area contributed by atoms with Crippen molar-refractivity contribution < 1.29 is 9.47 Å². The predicted molar refractivity (Wildman–Crippen MR) is 126 cm³/mol. The number of fused-ring (bicyclic) bond motifs is 2. The van der Waals surface area contributed by atoms with E-state index in [4.69, 9.17) is 19.5 Å². The lowest BCUT2D eigenvalue weighted by molar-refractivity contribution is 0.415. The summed E-state index contributed by atoms with van der Waals surface area (Å²) in [7, 11) is 3.31. The van der Waals surface area contributed by atoms with Gasteiger partial charge in [0.15, 0.2) is 0 Å².